The molecule has 5 nitrogen and oxygen atoms in total. The van der Waals surface area contributed by atoms with Crippen molar-refractivity contribution in [2.45, 2.75) is 13.3 Å². The zero-order valence-electron chi connectivity index (χ0n) is 14.6. The second-order valence-electron chi connectivity index (χ2n) is 6.15. The van der Waals surface area contributed by atoms with Gasteiger partial charge in [0.2, 0.25) is 0 Å². The van der Waals surface area contributed by atoms with Crippen molar-refractivity contribution in [3.8, 4) is 5.75 Å². The SMILES string of the molecule is CCc1cc2c(N3CCN(c4ccc(OC)cc4)CC3)ncnc2s1. The maximum atomic E-state index is 5.24. The smallest absolute Gasteiger partial charge is 0.140 e. The highest BCUT2D eigenvalue weighted by Gasteiger charge is 2.21. The number of hydrogen-bond donors (Lipinski definition) is 0. The Morgan fingerprint density at radius 3 is 2.44 bits per heavy atom. The number of anilines is 2. The molecule has 4 rings (SSSR count). The minimum Gasteiger partial charge on any atom is -0.497 e. The molecule has 1 aliphatic heterocycles. The summed E-state index contributed by atoms with van der Waals surface area (Å²) in [7, 11) is 1.70. The second-order valence-corrected chi connectivity index (χ2v) is 7.27. The third-order valence-corrected chi connectivity index (χ3v) is 5.91. The van der Waals surface area contributed by atoms with Crippen LogP contribution < -0.4 is 14.5 Å². The number of rotatable bonds is 4. The summed E-state index contributed by atoms with van der Waals surface area (Å²) < 4.78 is 5.24. The Kier molecular flexibility index (Phi) is 4.44. The van der Waals surface area contributed by atoms with Gasteiger partial charge in [0.15, 0.2) is 0 Å². The number of aromatic nitrogens is 2. The number of thiophene rings is 1. The lowest BCUT2D eigenvalue weighted by molar-refractivity contribution is 0.415. The van der Waals surface area contributed by atoms with E-state index in [1.54, 1.807) is 24.8 Å². The van der Waals surface area contributed by atoms with Gasteiger partial charge < -0.3 is 14.5 Å². The molecular formula is C19H22N4OS. The van der Waals surface area contributed by atoms with Crippen molar-refractivity contribution in [1.82, 2.24) is 9.97 Å². The van der Waals surface area contributed by atoms with Gasteiger partial charge in [-0.25, -0.2) is 9.97 Å². The van der Waals surface area contributed by atoms with E-state index in [4.69, 9.17) is 4.74 Å². The largest absolute Gasteiger partial charge is 0.497 e. The molecule has 130 valence electrons. The Bertz CT molecular complexity index is 853. The lowest BCUT2D eigenvalue weighted by Crippen LogP contribution is -2.46. The van der Waals surface area contributed by atoms with Crippen LogP contribution >= 0.6 is 11.3 Å². The number of ether oxygens (including phenoxy) is 1. The summed E-state index contributed by atoms with van der Waals surface area (Å²) in [6.45, 7) is 6.10. The number of benzene rings is 1. The van der Waals surface area contributed by atoms with Crippen LogP contribution in [0.4, 0.5) is 11.5 Å². The van der Waals surface area contributed by atoms with Gasteiger partial charge in [-0.05, 0) is 36.8 Å². The first-order valence-electron chi connectivity index (χ1n) is 8.66. The molecule has 0 aliphatic carbocycles. The van der Waals surface area contributed by atoms with E-state index >= 15 is 0 Å². The quantitative estimate of drug-likeness (QED) is 0.716. The van der Waals surface area contributed by atoms with Crippen LogP contribution in [0, 0.1) is 0 Å². The summed E-state index contributed by atoms with van der Waals surface area (Å²) in [5.74, 6) is 1.98. The molecule has 0 spiro atoms. The molecule has 0 bridgehead atoms. The monoisotopic (exact) mass is 354 g/mol. The van der Waals surface area contributed by atoms with Crippen LogP contribution in [0.3, 0.4) is 0 Å². The summed E-state index contributed by atoms with van der Waals surface area (Å²) in [4.78, 5) is 16.3. The molecule has 1 aliphatic rings. The van der Waals surface area contributed by atoms with Gasteiger partial charge in [-0.3, -0.25) is 0 Å². The molecule has 0 amide bonds. The zero-order valence-corrected chi connectivity index (χ0v) is 15.4. The Labute approximate surface area is 151 Å². The third-order valence-electron chi connectivity index (χ3n) is 4.72. The molecule has 1 aromatic carbocycles. The van der Waals surface area contributed by atoms with Crippen molar-refractivity contribution < 1.29 is 4.74 Å². The zero-order chi connectivity index (χ0) is 17.2. The van der Waals surface area contributed by atoms with Crippen LogP contribution in [0.2, 0.25) is 0 Å². The Hall–Kier alpha value is -2.34. The van der Waals surface area contributed by atoms with E-state index < -0.39 is 0 Å². The maximum absolute atomic E-state index is 5.24. The minimum atomic E-state index is 0.898. The number of fused-ring (bicyclic) bond motifs is 1. The second kappa shape index (κ2) is 6.88. The van der Waals surface area contributed by atoms with Gasteiger partial charge in [0.25, 0.3) is 0 Å². The van der Waals surface area contributed by atoms with Gasteiger partial charge in [0.05, 0.1) is 12.5 Å². The summed E-state index contributed by atoms with van der Waals surface area (Å²) >= 11 is 1.78. The van der Waals surface area contributed by atoms with Gasteiger partial charge in [-0.15, -0.1) is 11.3 Å². The van der Waals surface area contributed by atoms with E-state index in [0.29, 0.717) is 0 Å². The Balaban J connectivity index is 1.50. The summed E-state index contributed by atoms with van der Waals surface area (Å²) in [6, 6.07) is 10.6. The number of methoxy groups -OCH3 is 1. The topological polar surface area (TPSA) is 41.5 Å². The van der Waals surface area contributed by atoms with Crippen LogP contribution in [-0.2, 0) is 6.42 Å². The van der Waals surface area contributed by atoms with E-state index in [2.05, 4.69) is 44.9 Å². The lowest BCUT2D eigenvalue weighted by atomic mass is 10.2. The molecule has 0 saturated carbocycles. The molecule has 3 aromatic rings. The molecule has 2 aromatic heterocycles. The number of hydrogen-bond acceptors (Lipinski definition) is 6. The first kappa shape index (κ1) is 16.1. The van der Waals surface area contributed by atoms with Crippen LogP contribution in [0.1, 0.15) is 11.8 Å². The van der Waals surface area contributed by atoms with Crippen molar-refractivity contribution in [3.05, 3.63) is 41.5 Å². The van der Waals surface area contributed by atoms with E-state index in [-0.39, 0.29) is 0 Å². The van der Waals surface area contributed by atoms with Crippen molar-refractivity contribution in [2.24, 2.45) is 0 Å². The number of nitrogens with zero attached hydrogens (tertiary/aromatic N) is 4. The molecule has 3 heterocycles. The minimum absolute atomic E-state index is 0.898. The molecule has 0 unspecified atom stereocenters. The Morgan fingerprint density at radius 1 is 1.04 bits per heavy atom. The van der Waals surface area contributed by atoms with E-state index in [1.165, 1.54) is 16.0 Å². The van der Waals surface area contributed by atoms with Crippen LogP contribution in [-0.4, -0.2) is 43.3 Å². The average Bonchev–Trinajstić information content (AvgIpc) is 3.12. The predicted octanol–water partition coefficient (Wildman–Crippen LogP) is 3.59. The molecule has 0 N–H and O–H groups in total. The maximum Gasteiger partial charge on any atom is 0.140 e. The fourth-order valence-corrected chi connectivity index (χ4v) is 4.22. The predicted molar refractivity (Wildman–Crippen MR) is 104 cm³/mol. The van der Waals surface area contributed by atoms with E-state index in [1.807, 2.05) is 12.1 Å². The molecule has 6 heteroatoms. The Morgan fingerprint density at radius 2 is 1.76 bits per heavy atom. The lowest BCUT2D eigenvalue weighted by Gasteiger charge is -2.37. The first-order valence-corrected chi connectivity index (χ1v) is 9.47. The van der Waals surface area contributed by atoms with Gasteiger partial charge in [0.1, 0.15) is 22.7 Å². The van der Waals surface area contributed by atoms with Crippen molar-refractivity contribution in [1.29, 1.82) is 0 Å². The van der Waals surface area contributed by atoms with Crippen LogP contribution in [0.15, 0.2) is 36.7 Å². The molecule has 0 atom stereocenters. The fraction of sp³-hybridized carbons (Fsp3) is 0.368. The number of piperazine rings is 1. The normalized spacial score (nSPS) is 15.0. The average molecular weight is 354 g/mol. The summed E-state index contributed by atoms with van der Waals surface area (Å²) in [5.41, 5.74) is 1.25. The standard InChI is InChI=1S/C19H22N4OS/c1-3-16-12-17-18(20-13-21-19(17)25-16)23-10-8-22(9-11-23)14-4-6-15(24-2)7-5-14/h4-7,12-13H,3,8-11H2,1-2H3. The van der Waals surface area contributed by atoms with E-state index in [9.17, 15) is 0 Å². The molecule has 1 saturated heterocycles. The third kappa shape index (κ3) is 3.14. The van der Waals surface area contributed by atoms with Crippen molar-refractivity contribution in [3.63, 3.8) is 0 Å². The van der Waals surface area contributed by atoms with Gasteiger partial charge in [-0.2, -0.15) is 0 Å². The fourth-order valence-electron chi connectivity index (χ4n) is 3.29. The molecule has 0 radical (unpaired) electrons. The summed E-state index contributed by atoms with van der Waals surface area (Å²) in [6.07, 6.45) is 2.75. The highest BCUT2D eigenvalue weighted by atomic mass is 32.1. The van der Waals surface area contributed by atoms with Crippen molar-refractivity contribution in [2.75, 3.05) is 43.1 Å². The molecule has 1 fully saturated rings. The summed E-state index contributed by atoms with van der Waals surface area (Å²) in [5, 5.41) is 1.20. The highest BCUT2D eigenvalue weighted by Crippen LogP contribution is 2.31. The van der Waals surface area contributed by atoms with Crippen molar-refractivity contribution >= 4 is 33.1 Å². The van der Waals surface area contributed by atoms with Gasteiger partial charge in [-0.1, -0.05) is 6.92 Å². The van der Waals surface area contributed by atoms with Gasteiger partial charge >= 0.3 is 0 Å². The highest BCUT2D eigenvalue weighted by molar-refractivity contribution is 7.18. The van der Waals surface area contributed by atoms with Gasteiger partial charge in [0, 0.05) is 36.7 Å². The van der Waals surface area contributed by atoms with E-state index in [0.717, 1.165) is 49.0 Å². The molecule has 25 heavy (non-hydrogen) atoms. The molecular weight excluding hydrogens is 332 g/mol. The van der Waals surface area contributed by atoms with Crippen LogP contribution in [0.25, 0.3) is 10.2 Å². The first-order chi connectivity index (χ1) is 12.3. The van der Waals surface area contributed by atoms with Crippen LogP contribution in [0.5, 0.6) is 5.75 Å². The number of aryl methyl sites for hydroxylation is 1.